The third kappa shape index (κ3) is 4.95. The van der Waals surface area contributed by atoms with Crippen LogP contribution in [0.4, 0.5) is 4.79 Å². The topological polar surface area (TPSA) is 69.6 Å². The molecular weight excluding hydrogens is 368 g/mol. The van der Waals surface area contributed by atoms with Crippen LogP contribution in [0, 0.1) is 6.92 Å². The van der Waals surface area contributed by atoms with Gasteiger partial charge in [0.25, 0.3) is 0 Å². The van der Waals surface area contributed by atoms with E-state index in [1.54, 1.807) is 33.8 Å². The molecule has 0 fully saturated rings. The number of nitrogens with one attached hydrogen (secondary N) is 1. The molecule has 1 N–H and O–H groups in total. The molecule has 7 heteroatoms. The quantitative estimate of drug-likeness (QED) is 0.735. The largest absolute Gasteiger partial charge is 0.461 e. The van der Waals surface area contributed by atoms with Gasteiger partial charge in [-0.25, -0.2) is 9.59 Å². The lowest BCUT2D eigenvalue weighted by Gasteiger charge is -2.23. The first-order chi connectivity index (χ1) is 12.5. The van der Waals surface area contributed by atoms with Gasteiger partial charge in [-0.1, -0.05) is 17.7 Å². The second kappa shape index (κ2) is 8.21. The third-order valence-electron chi connectivity index (χ3n) is 4.05. The maximum atomic E-state index is 12.5. The number of amides is 1. The van der Waals surface area contributed by atoms with E-state index in [1.807, 2.05) is 30.5 Å². The van der Waals surface area contributed by atoms with Crippen LogP contribution < -0.4 is 5.32 Å². The minimum atomic E-state index is -0.576. The zero-order chi connectivity index (χ0) is 20.4. The molecule has 1 aromatic carbocycles. The summed E-state index contributed by atoms with van der Waals surface area (Å²) < 4.78 is 12.4. The van der Waals surface area contributed by atoms with Crippen molar-refractivity contribution in [2.24, 2.45) is 0 Å². The Labute approximate surface area is 164 Å². The molecule has 0 unspecified atom stereocenters. The summed E-state index contributed by atoms with van der Waals surface area (Å²) in [6.45, 7) is 11.6. The predicted octanol–water partition coefficient (Wildman–Crippen LogP) is 4.87. The fourth-order valence-corrected chi connectivity index (χ4v) is 3.08. The van der Waals surface area contributed by atoms with E-state index in [1.165, 1.54) is 0 Å². The van der Waals surface area contributed by atoms with Crippen LogP contribution in [0.2, 0.25) is 5.02 Å². The number of rotatable bonds is 5. The Bertz CT molecular complexity index is 852. The van der Waals surface area contributed by atoms with Crippen LogP contribution in [-0.4, -0.2) is 35.4 Å². The number of aromatic nitrogens is 1. The molecule has 0 spiro atoms. The summed E-state index contributed by atoms with van der Waals surface area (Å²) in [7, 11) is 0. The molecule has 1 heterocycles. The van der Waals surface area contributed by atoms with E-state index in [4.69, 9.17) is 21.1 Å². The van der Waals surface area contributed by atoms with E-state index < -0.39 is 17.7 Å². The zero-order valence-electron chi connectivity index (χ0n) is 16.7. The summed E-state index contributed by atoms with van der Waals surface area (Å²) in [5, 5.41) is 4.27. The number of benzene rings is 1. The van der Waals surface area contributed by atoms with Gasteiger partial charge in [0.1, 0.15) is 11.3 Å². The predicted molar refractivity (Wildman–Crippen MR) is 107 cm³/mol. The van der Waals surface area contributed by atoms with Crippen molar-refractivity contribution in [3.8, 4) is 0 Å². The lowest BCUT2D eigenvalue weighted by molar-refractivity contribution is 0.0512. The van der Waals surface area contributed by atoms with Crippen molar-refractivity contribution in [3.63, 3.8) is 0 Å². The average Bonchev–Trinajstić information content (AvgIpc) is 2.95. The van der Waals surface area contributed by atoms with E-state index in [-0.39, 0.29) is 19.2 Å². The SMILES string of the molecule is CCOC(=O)c1cc2ccc(Cl)c(C)c2n1[C@H](C)CNC(=O)OC(C)(C)C. The van der Waals surface area contributed by atoms with Crippen molar-refractivity contribution in [1.82, 2.24) is 9.88 Å². The second-order valence-electron chi connectivity index (χ2n) is 7.46. The second-order valence-corrected chi connectivity index (χ2v) is 7.87. The minimum Gasteiger partial charge on any atom is -0.461 e. The highest BCUT2D eigenvalue weighted by Gasteiger charge is 2.23. The Balaban J connectivity index is 2.39. The van der Waals surface area contributed by atoms with E-state index in [9.17, 15) is 9.59 Å². The highest BCUT2D eigenvalue weighted by molar-refractivity contribution is 6.32. The number of hydrogen-bond acceptors (Lipinski definition) is 4. The fourth-order valence-electron chi connectivity index (χ4n) is 2.93. The van der Waals surface area contributed by atoms with Crippen LogP contribution in [0.3, 0.4) is 0 Å². The molecule has 0 radical (unpaired) electrons. The maximum absolute atomic E-state index is 12.5. The molecule has 148 valence electrons. The molecule has 0 aliphatic rings. The molecule has 1 aromatic heterocycles. The molecule has 0 aliphatic carbocycles. The summed E-state index contributed by atoms with van der Waals surface area (Å²) in [6.07, 6.45) is -0.502. The van der Waals surface area contributed by atoms with E-state index in [0.717, 1.165) is 16.5 Å². The number of ether oxygens (including phenoxy) is 2. The van der Waals surface area contributed by atoms with Gasteiger partial charge in [-0.2, -0.15) is 0 Å². The molecule has 27 heavy (non-hydrogen) atoms. The molecule has 1 amide bonds. The third-order valence-corrected chi connectivity index (χ3v) is 4.46. The van der Waals surface area contributed by atoms with Crippen molar-refractivity contribution in [1.29, 1.82) is 0 Å². The normalized spacial score (nSPS) is 12.7. The molecule has 0 saturated carbocycles. The molecule has 0 bridgehead atoms. The summed E-state index contributed by atoms with van der Waals surface area (Å²) >= 11 is 6.30. The van der Waals surface area contributed by atoms with Crippen LogP contribution in [0.5, 0.6) is 0 Å². The summed E-state index contributed by atoms with van der Waals surface area (Å²) in [5.74, 6) is -0.409. The van der Waals surface area contributed by atoms with Gasteiger partial charge in [0.2, 0.25) is 0 Å². The Morgan fingerprint density at radius 3 is 2.56 bits per heavy atom. The summed E-state index contributed by atoms with van der Waals surface area (Å²) in [6, 6.07) is 5.26. The van der Waals surface area contributed by atoms with Crippen molar-refractivity contribution in [3.05, 3.63) is 34.5 Å². The van der Waals surface area contributed by atoms with Gasteiger partial charge in [0.05, 0.1) is 12.1 Å². The van der Waals surface area contributed by atoms with Crippen LogP contribution in [-0.2, 0) is 9.47 Å². The first kappa shape index (κ1) is 21.1. The van der Waals surface area contributed by atoms with Crippen molar-refractivity contribution >= 4 is 34.6 Å². The average molecular weight is 395 g/mol. The van der Waals surface area contributed by atoms with Gasteiger partial charge in [-0.15, -0.1) is 0 Å². The lowest BCUT2D eigenvalue weighted by Crippen LogP contribution is -2.35. The van der Waals surface area contributed by atoms with E-state index in [2.05, 4.69) is 5.32 Å². The standard InChI is InChI=1S/C20H27ClN2O4/c1-7-26-18(24)16-10-14-8-9-15(21)13(3)17(14)23(16)12(2)11-22-19(25)27-20(4,5)6/h8-10,12H,7,11H2,1-6H3,(H,22,25)/t12-/m1/s1. The molecule has 6 nitrogen and oxygen atoms in total. The van der Waals surface area contributed by atoms with Crippen LogP contribution >= 0.6 is 11.6 Å². The van der Waals surface area contributed by atoms with Crippen molar-refractivity contribution in [2.75, 3.05) is 13.2 Å². The maximum Gasteiger partial charge on any atom is 0.407 e. The Kier molecular flexibility index (Phi) is 6.42. The molecule has 2 aromatic rings. The summed E-state index contributed by atoms with van der Waals surface area (Å²) in [4.78, 5) is 24.5. The number of alkyl carbamates (subject to hydrolysis) is 1. The highest BCUT2D eigenvalue weighted by Crippen LogP contribution is 2.31. The van der Waals surface area contributed by atoms with Gasteiger partial charge < -0.3 is 19.4 Å². The fraction of sp³-hybridized carbons (Fsp3) is 0.500. The molecular formula is C20H27ClN2O4. The molecule has 0 saturated heterocycles. The van der Waals surface area contributed by atoms with Crippen molar-refractivity contribution < 1.29 is 19.1 Å². The zero-order valence-corrected chi connectivity index (χ0v) is 17.4. The van der Waals surface area contributed by atoms with E-state index >= 15 is 0 Å². The number of carbonyl (C=O) groups is 2. The van der Waals surface area contributed by atoms with E-state index in [0.29, 0.717) is 10.7 Å². The summed E-state index contributed by atoms with van der Waals surface area (Å²) in [5.41, 5.74) is 1.57. The van der Waals surface area contributed by atoms with Gasteiger partial charge in [0, 0.05) is 23.0 Å². The molecule has 0 aliphatic heterocycles. The number of hydrogen-bond donors (Lipinski definition) is 1. The van der Waals surface area contributed by atoms with Crippen LogP contribution in [0.25, 0.3) is 10.9 Å². The Morgan fingerprint density at radius 1 is 1.30 bits per heavy atom. The monoisotopic (exact) mass is 394 g/mol. The first-order valence-corrected chi connectivity index (χ1v) is 9.37. The first-order valence-electron chi connectivity index (χ1n) is 8.99. The van der Waals surface area contributed by atoms with Gasteiger partial charge in [-0.3, -0.25) is 0 Å². The highest BCUT2D eigenvalue weighted by atomic mass is 35.5. The number of fused-ring (bicyclic) bond motifs is 1. The van der Waals surface area contributed by atoms with Gasteiger partial charge in [-0.05, 0) is 59.2 Å². The number of esters is 1. The number of aryl methyl sites for hydroxylation is 1. The molecule has 2 rings (SSSR count). The molecule has 1 atom stereocenters. The minimum absolute atomic E-state index is 0.216. The van der Waals surface area contributed by atoms with Crippen LogP contribution in [0.15, 0.2) is 18.2 Å². The van der Waals surface area contributed by atoms with Gasteiger partial charge in [0.15, 0.2) is 0 Å². The smallest absolute Gasteiger partial charge is 0.407 e. The Hall–Kier alpha value is -2.21. The Morgan fingerprint density at radius 2 is 1.96 bits per heavy atom. The lowest BCUT2D eigenvalue weighted by atomic mass is 10.1. The van der Waals surface area contributed by atoms with Gasteiger partial charge >= 0.3 is 12.1 Å². The number of halogens is 1. The number of nitrogens with zero attached hydrogens (tertiary/aromatic N) is 1. The number of carbonyl (C=O) groups excluding carboxylic acids is 2. The van der Waals surface area contributed by atoms with Crippen molar-refractivity contribution in [2.45, 2.75) is 53.2 Å². The van der Waals surface area contributed by atoms with Crippen LogP contribution in [0.1, 0.15) is 56.7 Å².